The third kappa shape index (κ3) is 3.35. The minimum Gasteiger partial charge on any atom is -0.501 e. The highest BCUT2D eigenvalue weighted by Crippen LogP contribution is 2.26. The van der Waals surface area contributed by atoms with Crippen molar-refractivity contribution in [1.29, 1.82) is 0 Å². The van der Waals surface area contributed by atoms with E-state index in [1.165, 1.54) is 37.7 Å². The van der Waals surface area contributed by atoms with Gasteiger partial charge in [-0.05, 0) is 18.2 Å². The van der Waals surface area contributed by atoms with E-state index >= 15 is 0 Å². The quantitative estimate of drug-likeness (QED) is 0.722. The van der Waals surface area contributed by atoms with E-state index < -0.39 is 22.9 Å². The van der Waals surface area contributed by atoms with E-state index in [1.807, 2.05) is 0 Å². The summed E-state index contributed by atoms with van der Waals surface area (Å²) in [5.41, 5.74) is -0.581. The summed E-state index contributed by atoms with van der Waals surface area (Å²) in [5, 5.41) is 16.5. The lowest BCUT2D eigenvalue weighted by Gasteiger charge is -2.12. The van der Waals surface area contributed by atoms with Gasteiger partial charge in [-0.1, -0.05) is 28.4 Å². The van der Waals surface area contributed by atoms with E-state index in [2.05, 4.69) is 20.0 Å². The number of anilines is 1. The van der Waals surface area contributed by atoms with Crippen LogP contribution < -0.4 is 10.9 Å². The summed E-state index contributed by atoms with van der Waals surface area (Å²) in [7, 11) is 1.40. The number of hydrogen-bond acceptors (Lipinski definition) is 6. The lowest BCUT2D eigenvalue weighted by atomic mass is 10.2. The van der Waals surface area contributed by atoms with Crippen molar-refractivity contribution in [3.05, 3.63) is 56.8 Å². The molecule has 0 atom stereocenters. The Kier molecular flexibility index (Phi) is 4.47. The van der Waals surface area contributed by atoms with Gasteiger partial charge in [0.15, 0.2) is 5.69 Å². The molecule has 1 aromatic carbocycles. The Labute approximate surface area is 150 Å². The molecule has 0 saturated carbocycles. The molecular weight excluding hydrogens is 371 g/mol. The summed E-state index contributed by atoms with van der Waals surface area (Å²) in [6, 6.07) is 4.59. The Hall–Kier alpha value is -2.84. The summed E-state index contributed by atoms with van der Waals surface area (Å²) in [6.07, 6.45) is 2.45. The molecule has 0 saturated heterocycles. The number of benzene rings is 1. The van der Waals surface area contributed by atoms with Crippen LogP contribution in [0.2, 0.25) is 10.0 Å². The molecule has 8 nitrogen and oxygen atoms in total. The summed E-state index contributed by atoms with van der Waals surface area (Å²) in [5.74, 6) is -1.47. The van der Waals surface area contributed by atoms with Gasteiger partial charge < -0.3 is 14.9 Å². The van der Waals surface area contributed by atoms with Crippen molar-refractivity contribution in [3.8, 4) is 17.1 Å². The van der Waals surface area contributed by atoms with Crippen LogP contribution in [0.25, 0.3) is 11.4 Å². The van der Waals surface area contributed by atoms with Gasteiger partial charge in [0.25, 0.3) is 11.5 Å². The van der Waals surface area contributed by atoms with Crippen molar-refractivity contribution in [3.63, 3.8) is 0 Å². The van der Waals surface area contributed by atoms with Crippen LogP contribution in [-0.4, -0.2) is 25.7 Å². The van der Waals surface area contributed by atoms with Crippen LogP contribution in [0.1, 0.15) is 10.5 Å². The SMILES string of the molecule is Cn1c(-c2cc(Cl)cc(Cl)c2)nc(C(=O)Nc2cnoc2)c(O)c1=O. The first-order valence-electron chi connectivity index (χ1n) is 6.84. The van der Waals surface area contributed by atoms with Gasteiger partial charge in [0.1, 0.15) is 17.8 Å². The van der Waals surface area contributed by atoms with Crippen LogP contribution in [0.4, 0.5) is 5.69 Å². The topological polar surface area (TPSA) is 110 Å². The van der Waals surface area contributed by atoms with E-state index in [4.69, 9.17) is 23.2 Å². The predicted octanol–water partition coefficient (Wildman–Crippen LogP) is 2.70. The average Bonchev–Trinajstić information content (AvgIpc) is 3.04. The number of halogens is 2. The summed E-state index contributed by atoms with van der Waals surface area (Å²) in [4.78, 5) is 28.7. The second kappa shape index (κ2) is 6.58. The van der Waals surface area contributed by atoms with Gasteiger partial charge >= 0.3 is 0 Å². The maximum atomic E-state index is 12.3. The highest BCUT2D eigenvalue weighted by Gasteiger charge is 2.21. The van der Waals surface area contributed by atoms with Crippen molar-refractivity contribution in [1.82, 2.24) is 14.7 Å². The van der Waals surface area contributed by atoms with Crippen LogP contribution in [0.15, 0.2) is 40.0 Å². The molecule has 0 aliphatic heterocycles. The molecule has 0 spiro atoms. The summed E-state index contributed by atoms with van der Waals surface area (Å²) in [6.45, 7) is 0. The lowest BCUT2D eigenvalue weighted by molar-refractivity contribution is 0.101. The lowest BCUT2D eigenvalue weighted by Crippen LogP contribution is -2.25. The van der Waals surface area contributed by atoms with Crippen molar-refractivity contribution in [2.75, 3.05) is 5.32 Å². The minimum absolute atomic E-state index is 0.114. The number of nitrogens with zero attached hydrogens (tertiary/aromatic N) is 3. The van der Waals surface area contributed by atoms with Crippen molar-refractivity contribution < 1.29 is 14.4 Å². The molecule has 0 aliphatic rings. The molecule has 3 aromatic rings. The second-order valence-electron chi connectivity index (χ2n) is 5.02. The fraction of sp³-hybridized carbons (Fsp3) is 0.0667. The van der Waals surface area contributed by atoms with Crippen LogP contribution in [-0.2, 0) is 7.05 Å². The average molecular weight is 381 g/mol. The molecule has 128 valence electrons. The van der Waals surface area contributed by atoms with Gasteiger partial charge in [-0.25, -0.2) is 4.98 Å². The second-order valence-corrected chi connectivity index (χ2v) is 5.90. The number of carbonyl (C=O) groups excluding carboxylic acids is 1. The highest BCUT2D eigenvalue weighted by atomic mass is 35.5. The predicted molar refractivity (Wildman–Crippen MR) is 91.1 cm³/mol. The Balaban J connectivity index is 2.13. The molecule has 1 amide bonds. The van der Waals surface area contributed by atoms with Crippen LogP contribution in [0.3, 0.4) is 0 Å². The van der Waals surface area contributed by atoms with E-state index in [0.717, 1.165) is 4.57 Å². The van der Waals surface area contributed by atoms with E-state index in [1.54, 1.807) is 0 Å². The van der Waals surface area contributed by atoms with Crippen LogP contribution in [0, 0.1) is 0 Å². The van der Waals surface area contributed by atoms with Gasteiger partial charge in [-0.15, -0.1) is 0 Å². The number of nitrogens with one attached hydrogen (secondary N) is 1. The molecular formula is C15H10Cl2N4O4. The van der Waals surface area contributed by atoms with Crippen LogP contribution in [0.5, 0.6) is 5.75 Å². The molecule has 2 N–H and O–H groups in total. The monoisotopic (exact) mass is 380 g/mol. The molecule has 0 aliphatic carbocycles. The number of aromatic hydroxyl groups is 1. The molecule has 2 heterocycles. The molecule has 0 fully saturated rings. The molecule has 0 bridgehead atoms. The van der Waals surface area contributed by atoms with E-state index in [-0.39, 0.29) is 11.5 Å². The number of aromatic nitrogens is 3. The molecule has 0 unspecified atom stereocenters. The van der Waals surface area contributed by atoms with E-state index in [0.29, 0.717) is 15.6 Å². The third-order valence-electron chi connectivity index (χ3n) is 3.29. The van der Waals surface area contributed by atoms with Gasteiger partial charge in [0, 0.05) is 22.7 Å². The summed E-state index contributed by atoms with van der Waals surface area (Å²) >= 11 is 11.9. The molecule has 0 radical (unpaired) electrons. The first-order valence-corrected chi connectivity index (χ1v) is 7.59. The van der Waals surface area contributed by atoms with Gasteiger partial charge in [0.2, 0.25) is 5.75 Å². The van der Waals surface area contributed by atoms with Gasteiger partial charge in [-0.3, -0.25) is 14.2 Å². The zero-order valence-electron chi connectivity index (χ0n) is 12.7. The number of rotatable bonds is 3. The van der Waals surface area contributed by atoms with Crippen LogP contribution >= 0.6 is 23.2 Å². The maximum Gasteiger partial charge on any atom is 0.296 e. The van der Waals surface area contributed by atoms with Gasteiger partial charge in [0.05, 0.1) is 6.20 Å². The Morgan fingerprint density at radius 3 is 2.56 bits per heavy atom. The number of hydrogen-bond donors (Lipinski definition) is 2. The van der Waals surface area contributed by atoms with Crippen molar-refractivity contribution in [2.24, 2.45) is 7.05 Å². The number of carbonyl (C=O) groups is 1. The normalized spacial score (nSPS) is 10.7. The van der Waals surface area contributed by atoms with Crippen molar-refractivity contribution in [2.45, 2.75) is 0 Å². The fourth-order valence-corrected chi connectivity index (χ4v) is 2.67. The van der Waals surface area contributed by atoms with Gasteiger partial charge in [-0.2, -0.15) is 0 Å². The minimum atomic E-state index is -0.798. The molecule has 2 aromatic heterocycles. The first-order chi connectivity index (χ1) is 11.9. The maximum absolute atomic E-state index is 12.3. The largest absolute Gasteiger partial charge is 0.501 e. The Bertz CT molecular complexity index is 995. The van der Waals surface area contributed by atoms with E-state index in [9.17, 15) is 14.7 Å². The standard InChI is InChI=1S/C15H10Cl2N4O4/c1-21-13(7-2-8(16)4-9(17)3-7)20-11(12(22)15(21)24)14(23)19-10-5-18-25-6-10/h2-6,22H,1H3,(H,19,23). The zero-order chi connectivity index (χ0) is 18.1. The molecule has 10 heteroatoms. The highest BCUT2D eigenvalue weighted by molar-refractivity contribution is 6.35. The van der Waals surface area contributed by atoms with Crippen molar-refractivity contribution >= 4 is 34.8 Å². The molecule has 3 rings (SSSR count). The Morgan fingerprint density at radius 2 is 1.96 bits per heavy atom. The first kappa shape index (κ1) is 17.0. The summed E-state index contributed by atoms with van der Waals surface area (Å²) < 4.78 is 5.69. The zero-order valence-corrected chi connectivity index (χ0v) is 14.2. The number of amides is 1. The fourth-order valence-electron chi connectivity index (χ4n) is 2.15. The molecule has 25 heavy (non-hydrogen) atoms. The Morgan fingerprint density at radius 1 is 1.28 bits per heavy atom. The third-order valence-corrected chi connectivity index (χ3v) is 3.73. The smallest absolute Gasteiger partial charge is 0.296 e.